The van der Waals surface area contributed by atoms with Gasteiger partial charge in [0.1, 0.15) is 0 Å². The fraction of sp³-hybridized carbons (Fsp3) is 1.00. The number of unbranched alkanes of at least 4 members (excludes halogenated alkanes) is 2. The molecule has 76 valence electrons. The summed E-state index contributed by atoms with van der Waals surface area (Å²) in [6, 6.07) is 0. The van der Waals surface area contributed by atoms with Crippen LogP contribution >= 0.6 is 7.06 Å². The summed E-state index contributed by atoms with van der Waals surface area (Å²) >= 11 is 0. The fourth-order valence-electron chi connectivity index (χ4n) is 1.27. The third kappa shape index (κ3) is 3.84. The maximum absolute atomic E-state index is 10.0. The van der Waals surface area contributed by atoms with Gasteiger partial charge in [-0.15, -0.1) is 0 Å². The standard InChI is InChI=1S/C9H23O2P/c1-4-7-8-9-12(10,11,5-2)6-3/h10-11H,4-9H2,1-3H3. The molecule has 0 aliphatic heterocycles. The average molecular weight is 194 g/mol. The molecule has 0 aromatic rings. The SMILES string of the molecule is CCCCCP(O)(O)(CC)CC. The van der Waals surface area contributed by atoms with Crippen LogP contribution in [0.25, 0.3) is 0 Å². The minimum absolute atomic E-state index is 0.547. The third-order valence-corrected chi connectivity index (χ3v) is 7.01. The Morgan fingerprint density at radius 3 is 1.75 bits per heavy atom. The zero-order valence-corrected chi connectivity index (χ0v) is 9.48. The van der Waals surface area contributed by atoms with Gasteiger partial charge in [-0.05, 0) is 0 Å². The van der Waals surface area contributed by atoms with E-state index in [4.69, 9.17) is 0 Å². The molecular formula is C9H23O2P. The van der Waals surface area contributed by atoms with Crippen LogP contribution in [0.3, 0.4) is 0 Å². The molecule has 0 spiro atoms. The minimum atomic E-state index is -3.20. The molecule has 0 saturated carbocycles. The molecule has 0 saturated heterocycles. The molecule has 12 heavy (non-hydrogen) atoms. The van der Waals surface area contributed by atoms with Crippen molar-refractivity contribution < 1.29 is 9.79 Å². The van der Waals surface area contributed by atoms with E-state index in [9.17, 15) is 9.79 Å². The zero-order valence-electron chi connectivity index (χ0n) is 8.58. The van der Waals surface area contributed by atoms with Crippen LogP contribution in [0.2, 0.25) is 0 Å². The summed E-state index contributed by atoms with van der Waals surface area (Å²) in [5.41, 5.74) is 0. The zero-order chi connectivity index (χ0) is 9.69. The Hall–Kier alpha value is 0.350. The monoisotopic (exact) mass is 194 g/mol. The number of hydrogen-bond acceptors (Lipinski definition) is 2. The van der Waals surface area contributed by atoms with Crippen LogP contribution in [-0.2, 0) is 0 Å². The van der Waals surface area contributed by atoms with Crippen molar-refractivity contribution in [2.75, 3.05) is 18.5 Å². The first-order valence-corrected chi connectivity index (χ1v) is 7.67. The molecule has 0 bridgehead atoms. The van der Waals surface area contributed by atoms with Crippen molar-refractivity contribution >= 4 is 7.06 Å². The second kappa shape index (κ2) is 4.55. The summed E-state index contributed by atoms with van der Waals surface area (Å²) in [5, 5.41) is 0. The van der Waals surface area contributed by atoms with Gasteiger partial charge in [0.25, 0.3) is 0 Å². The Bertz CT molecular complexity index is 126. The number of rotatable bonds is 6. The Balaban J connectivity index is 3.97. The van der Waals surface area contributed by atoms with E-state index in [0.29, 0.717) is 18.5 Å². The van der Waals surface area contributed by atoms with Gasteiger partial charge in [0.15, 0.2) is 0 Å². The molecular weight excluding hydrogens is 171 g/mol. The van der Waals surface area contributed by atoms with Crippen LogP contribution < -0.4 is 0 Å². The molecule has 0 radical (unpaired) electrons. The van der Waals surface area contributed by atoms with E-state index in [1.54, 1.807) is 0 Å². The van der Waals surface area contributed by atoms with Gasteiger partial charge < -0.3 is 0 Å². The van der Waals surface area contributed by atoms with Gasteiger partial charge in [-0.25, -0.2) is 0 Å². The third-order valence-electron chi connectivity index (χ3n) is 2.74. The van der Waals surface area contributed by atoms with Gasteiger partial charge in [-0.1, -0.05) is 0 Å². The Morgan fingerprint density at radius 1 is 0.917 bits per heavy atom. The molecule has 0 atom stereocenters. The van der Waals surface area contributed by atoms with E-state index in [-0.39, 0.29) is 0 Å². The first-order chi connectivity index (χ1) is 5.46. The molecule has 0 aromatic heterocycles. The van der Waals surface area contributed by atoms with Crippen molar-refractivity contribution in [3.8, 4) is 0 Å². The van der Waals surface area contributed by atoms with Gasteiger partial charge in [0, 0.05) is 0 Å². The second-order valence-electron chi connectivity index (χ2n) is 3.67. The van der Waals surface area contributed by atoms with E-state index < -0.39 is 7.06 Å². The summed E-state index contributed by atoms with van der Waals surface area (Å²) < 4.78 is 0. The molecule has 0 heterocycles. The van der Waals surface area contributed by atoms with Crippen LogP contribution in [0.4, 0.5) is 0 Å². The molecule has 0 aromatic carbocycles. The van der Waals surface area contributed by atoms with Gasteiger partial charge in [0.05, 0.1) is 0 Å². The van der Waals surface area contributed by atoms with Crippen molar-refractivity contribution in [2.24, 2.45) is 0 Å². The predicted octanol–water partition coefficient (Wildman–Crippen LogP) is 2.58. The molecule has 0 fully saturated rings. The van der Waals surface area contributed by atoms with Crippen LogP contribution in [0, 0.1) is 0 Å². The summed E-state index contributed by atoms with van der Waals surface area (Å²) in [4.78, 5) is 20.0. The van der Waals surface area contributed by atoms with E-state index in [1.165, 1.54) is 0 Å². The summed E-state index contributed by atoms with van der Waals surface area (Å²) in [6.45, 7) is 5.89. The van der Waals surface area contributed by atoms with Crippen LogP contribution in [0.1, 0.15) is 40.0 Å². The van der Waals surface area contributed by atoms with Crippen molar-refractivity contribution in [3.63, 3.8) is 0 Å². The normalized spacial score (nSPS) is 15.6. The van der Waals surface area contributed by atoms with Crippen molar-refractivity contribution in [2.45, 2.75) is 40.0 Å². The van der Waals surface area contributed by atoms with Crippen molar-refractivity contribution in [1.29, 1.82) is 0 Å². The van der Waals surface area contributed by atoms with Gasteiger partial charge in [-0.2, -0.15) is 0 Å². The molecule has 0 aliphatic rings. The van der Waals surface area contributed by atoms with Crippen molar-refractivity contribution in [3.05, 3.63) is 0 Å². The van der Waals surface area contributed by atoms with Crippen LogP contribution in [0.15, 0.2) is 0 Å². The van der Waals surface area contributed by atoms with E-state index in [2.05, 4.69) is 6.92 Å². The summed E-state index contributed by atoms with van der Waals surface area (Å²) in [6.07, 6.45) is 4.94. The molecule has 0 amide bonds. The molecule has 0 aliphatic carbocycles. The molecule has 2 N–H and O–H groups in total. The van der Waals surface area contributed by atoms with Crippen LogP contribution in [0.5, 0.6) is 0 Å². The topological polar surface area (TPSA) is 40.5 Å². The summed E-state index contributed by atoms with van der Waals surface area (Å²) in [5.74, 6) is 0. The molecule has 2 nitrogen and oxygen atoms in total. The van der Waals surface area contributed by atoms with Gasteiger partial charge in [0.2, 0.25) is 0 Å². The van der Waals surface area contributed by atoms with E-state index >= 15 is 0 Å². The first-order valence-electron chi connectivity index (χ1n) is 4.97. The molecule has 3 heteroatoms. The number of hydrogen-bond donors (Lipinski definition) is 2. The molecule has 0 unspecified atom stereocenters. The van der Waals surface area contributed by atoms with E-state index in [0.717, 1.165) is 19.3 Å². The quantitative estimate of drug-likeness (QED) is 0.504. The Kier molecular flexibility index (Phi) is 4.68. The van der Waals surface area contributed by atoms with Crippen molar-refractivity contribution in [1.82, 2.24) is 0 Å². The molecule has 0 rings (SSSR count). The first kappa shape index (κ1) is 12.3. The second-order valence-corrected chi connectivity index (χ2v) is 8.60. The van der Waals surface area contributed by atoms with Gasteiger partial charge in [-0.3, -0.25) is 0 Å². The average Bonchev–Trinajstić information content (AvgIpc) is 2.06. The predicted molar refractivity (Wildman–Crippen MR) is 56.8 cm³/mol. The van der Waals surface area contributed by atoms with Gasteiger partial charge >= 0.3 is 75.4 Å². The fourth-order valence-corrected chi connectivity index (χ4v) is 3.30. The van der Waals surface area contributed by atoms with E-state index in [1.807, 2.05) is 13.8 Å². The Labute approximate surface area is 76.1 Å². The summed E-state index contributed by atoms with van der Waals surface area (Å²) in [7, 11) is -3.20. The van der Waals surface area contributed by atoms with Crippen LogP contribution in [-0.4, -0.2) is 28.3 Å². The Morgan fingerprint density at radius 2 is 1.42 bits per heavy atom. The maximum atomic E-state index is 10.0.